The quantitative estimate of drug-likeness (QED) is 0.662. The Kier molecular flexibility index (Phi) is 6.65. The largest absolute Gasteiger partial charge is 0.492 e. The number of piperidine rings is 1. The summed E-state index contributed by atoms with van der Waals surface area (Å²) in [6.45, 7) is 4.73. The second-order valence-corrected chi connectivity index (χ2v) is 8.30. The van der Waals surface area contributed by atoms with Crippen LogP contribution in [0.25, 0.3) is 0 Å². The zero-order valence-electron chi connectivity index (χ0n) is 13.8. The molecule has 1 aliphatic heterocycles. The van der Waals surface area contributed by atoms with Crippen LogP contribution in [0.3, 0.4) is 0 Å². The van der Waals surface area contributed by atoms with Gasteiger partial charge in [0.05, 0.1) is 19.1 Å². The molecular formula is C16H22BrNO5S. The van der Waals surface area contributed by atoms with Gasteiger partial charge in [0.15, 0.2) is 0 Å². The zero-order valence-corrected chi connectivity index (χ0v) is 16.2. The maximum absolute atomic E-state index is 13.0. The summed E-state index contributed by atoms with van der Waals surface area (Å²) in [4.78, 5) is 12.1. The summed E-state index contributed by atoms with van der Waals surface area (Å²) in [5, 5.41) is 0. The fraction of sp³-hybridized carbons (Fsp3) is 0.562. The fourth-order valence-corrected chi connectivity index (χ4v) is 4.90. The minimum atomic E-state index is -3.75. The van der Waals surface area contributed by atoms with Crippen molar-refractivity contribution in [2.45, 2.75) is 31.6 Å². The first-order valence-electron chi connectivity index (χ1n) is 7.99. The Labute approximate surface area is 151 Å². The van der Waals surface area contributed by atoms with E-state index in [1.165, 1.54) is 10.4 Å². The third-order valence-electron chi connectivity index (χ3n) is 3.83. The monoisotopic (exact) mass is 419 g/mol. The van der Waals surface area contributed by atoms with Crippen LogP contribution in [0.5, 0.6) is 5.75 Å². The van der Waals surface area contributed by atoms with Crippen LogP contribution < -0.4 is 4.74 Å². The highest BCUT2D eigenvalue weighted by Crippen LogP contribution is 2.32. The molecule has 0 spiro atoms. The number of rotatable bonds is 6. The van der Waals surface area contributed by atoms with Gasteiger partial charge in [-0.1, -0.05) is 15.9 Å². The average molecular weight is 420 g/mol. The molecule has 8 heteroatoms. The van der Waals surface area contributed by atoms with Crippen LogP contribution in [0.4, 0.5) is 0 Å². The van der Waals surface area contributed by atoms with Crippen LogP contribution >= 0.6 is 15.9 Å². The number of carbonyl (C=O) groups is 1. The average Bonchev–Trinajstić information content (AvgIpc) is 2.57. The van der Waals surface area contributed by atoms with Gasteiger partial charge in [0, 0.05) is 17.6 Å². The van der Waals surface area contributed by atoms with E-state index in [1.807, 2.05) is 0 Å². The molecule has 6 nitrogen and oxygen atoms in total. The van der Waals surface area contributed by atoms with Gasteiger partial charge in [0.2, 0.25) is 10.0 Å². The second-order valence-electron chi connectivity index (χ2n) is 5.48. The summed E-state index contributed by atoms with van der Waals surface area (Å²) in [6.07, 6.45) is 1.27. The molecular weight excluding hydrogens is 398 g/mol. The van der Waals surface area contributed by atoms with Gasteiger partial charge in [0.25, 0.3) is 0 Å². The summed E-state index contributed by atoms with van der Waals surface area (Å²) in [5.74, 6) is -0.438. The zero-order chi connectivity index (χ0) is 17.7. The predicted molar refractivity (Wildman–Crippen MR) is 93.4 cm³/mol. The van der Waals surface area contributed by atoms with Crippen molar-refractivity contribution in [2.75, 3.05) is 26.3 Å². The molecule has 1 atom stereocenters. The number of hydrogen-bond acceptors (Lipinski definition) is 5. The molecule has 1 fully saturated rings. The molecule has 1 saturated heterocycles. The Bertz CT molecular complexity index is 692. The van der Waals surface area contributed by atoms with Gasteiger partial charge in [-0.05, 0) is 44.9 Å². The molecule has 0 aromatic heterocycles. The molecule has 134 valence electrons. The molecule has 0 bridgehead atoms. The number of ether oxygens (including phenoxy) is 2. The molecule has 1 heterocycles. The van der Waals surface area contributed by atoms with Gasteiger partial charge in [-0.15, -0.1) is 0 Å². The van der Waals surface area contributed by atoms with Crippen LogP contribution in [0.15, 0.2) is 27.6 Å². The predicted octanol–water partition coefficient (Wildman–Crippen LogP) is 2.81. The third-order valence-corrected chi connectivity index (χ3v) is 6.21. The minimum Gasteiger partial charge on any atom is -0.492 e. The van der Waals surface area contributed by atoms with Gasteiger partial charge < -0.3 is 9.47 Å². The van der Waals surface area contributed by atoms with Gasteiger partial charge in [-0.2, -0.15) is 4.31 Å². The lowest BCUT2D eigenvalue weighted by atomic mass is 10.0. The third kappa shape index (κ3) is 4.29. The Morgan fingerprint density at radius 2 is 2.08 bits per heavy atom. The van der Waals surface area contributed by atoms with E-state index in [0.717, 1.165) is 0 Å². The van der Waals surface area contributed by atoms with Gasteiger partial charge in [0.1, 0.15) is 10.6 Å². The summed E-state index contributed by atoms with van der Waals surface area (Å²) in [7, 11) is -3.75. The number of sulfonamides is 1. The molecule has 0 N–H and O–H groups in total. The summed E-state index contributed by atoms with van der Waals surface area (Å²) in [6, 6.07) is 4.91. The highest BCUT2D eigenvalue weighted by atomic mass is 79.9. The molecule has 1 aromatic carbocycles. The first-order chi connectivity index (χ1) is 11.4. The Balaban J connectivity index is 2.30. The summed E-state index contributed by atoms with van der Waals surface area (Å²) in [5.41, 5.74) is 0. The molecule has 24 heavy (non-hydrogen) atoms. The number of esters is 1. The van der Waals surface area contributed by atoms with Crippen molar-refractivity contribution in [3.63, 3.8) is 0 Å². The maximum atomic E-state index is 13.0. The van der Waals surface area contributed by atoms with Crippen LogP contribution in [-0.2, 0) is 19.6 Å². The second kappa shape index (κ2) is 8.31. The van der Waals surface area contributed by atoms with E-state index < -0.39 is 15.9 Å². The number of hydrogen-bond donors (Lipinski definition) is 0. The number of halogens is 1. The van der Waals surface area contributed by atoms with Crippen molar-refractivity contribution < 1.29 is 22.7 Å². The molecule has 0 aliphatic carbocycles. The molecule has 1 aromatic rings. The van der Waals surface area contributed by atoms with E-state index >= 15 is 0 Å². The molecule has 0 amide bonds. The van der Waals surface area contributed by atoms with Crippen molar-refractivity contribution in [1.29, 1.82) is 0 Å². The first-order valence-corrected chi connectivity index (χ1v) is 10.2. The highest BCUT2D eigenvalue weighted by Gasteiger charge is 2.35. The van der Waals surface area contributed by atoms with Crippen molar-refractivity contribution >= 4 is 31.9 Å². The van der Waals surface area contributed by atoms with E-state index in [-0.39, 0.29) is 17.4 Å². The van der Waals surface area contributed by atoms with Gasteiger partial charge >= 0.3 is 5.97 Å². The van der Waals surface area contributed by atoms with Crippen LogP contribution in [0.2, 0.25) is 0 Å². The van der Waals surface area contributed by atoms with Gasteiger partial charge in [-0.25, -0.2) is 8.42 Å². The van der Waals surface area contributed by atoms with Crippen molar-refractivity contribution in [1.82, 2.24) is 4.31 Å². The van der Waals surface area contributed by atoms with Crippen LogP contribution in [0, 0.1) is 5.92 Å². The van der Waals surface area contributed by atoms with Crippen molar-refractivity contribution in [2.24, 2.45) is 5.92 Å². The molecule has 0 saturated carbocycles. The molecule has 0 radical (unpaired) electrons. The SMILES string of the molecule is CCOC(=O)[C@@H]1CCCN(S(=O)(=O)c2cc(Br)ccc2OCC)C1. The number of carbonyl (C=O) groups excluding carboxylic acids is 1. The molecule has 0 unspecified atom stereocenters. The first kappa shape index (κ1) is 19.2. The van der Waals surface area contributed by atoms with E-state index in [0.29, 0.717) is 42.8 Å². The van der Waals surface area contributed by atoms with E-state index in [2.05, 4.69) is 15.9 Å². The summed E-state index contributed by atoms with van der Waals surface area (Å²) < 4.78 is 38.6. The van der Waals surface area contributed by atoms with Crippen LogP contribution in [-0.4, -0.2) is 45.0 Å². The molecule has 1 aliphatic rings. The van der Waals surface area contributed by atoms with Crippen molar-refractivity contribution in [3.8, 4) is 5.75 Å². The van der Waals surface area contributed by atoms with E-state index in [1.54, 1.807) is 26.0 Å². The number of nitrogens with zero attached hydrogens (tertiary/aromatic N) is 1. The lowest BCUT2D eigenvalue weighted by Gasteiger charge is -2.31. The summed E-state index contributed by atoms with van der Waals surface area (Å²) >= 11 is 3.31. The normalized spacial score (nSPS) is 19.0. The topological polar surface area (TPSA) is 72.9 Å². The van der Waals surface area contributed by atoms with Crippen LogP contribution in [0.1, 0.15) is 26.7 Å². The molecule has 2 rings (SSSR count). The lowest BCUT2D eigenvalue weighted by molar-refractivity contribution is -0.149. The standard InChI is InChI=1S/C16H22BrNO5S/c1-3-22-14-8-7-13(17)10-15(14)24(20,21)18-9-5-6-12(11-18)16(19)23-4-2/h7-8,10,12H,3-6,9,11H2,1-2H3/t12-/m1/s1. The highest BCUT2D eigenvalue weighted by molar-refractivity contribution is 9.10. The smallest absolute Gasteiger partial charge is 0.310 e. The Morgan fingerprint density at radius 3 is 2.75 bits per heavy atom. The number of benzene rings is 1. The fourth-order valence-electron chi connectivity index (χ4n) is 2.71. The van der Waals surface area contributed by atoms with Gasteiger partial charge in [-0.3, -0.25) is 4.79 Å². The Morgan fingerprint density at radius 1 is 1.33 bits per heavy atom. The van der Waals surface area contributed by atoms with E-state index in [9.17, 15) is 13.2 Å². The van der Waals surface area contributed by atoms with E-state index in [4.69, 9.17) is 9.47 Å². The minimum absolute atomic E-state index is 0.114. The maximum Gasteiger partial charge on any atom is 0.310 e. The van der Waals surface area contributed by atoms with Crippen molar-refractivity contribution in [3.05, 3.63) is 22.7 Å². The Hall–Kier alpha value is -1.12. The lowest BCUT2D eigenvalue weighted by Crippen LogP contribution is -2.42.